The molecule has 0 bridgehead atoms. The van der Waals surface area contributed by atoms with Crippen LogP contribution in [0.4, 0.5) is 0 Å². The maximum atomic E-state index is 5.00. The fourth-order valence-electron chi connectivity index (χ4n) is 1.66. The Morgan fingerprint density at radius 1 is 1.46 bits per heavy atom. The first-order valence-corrected chi connectivity index (χ1v) is 6.23. The number of rotatable bonds is 6. The van der Waals surface area contributed by atoms with Crippen LogP contribution in [0.25, 0.3) is 0 Å². The Labute approximate surface area is 85.8 Å². The highest BCUT2D eigenvalue weighted by molar-refractivity contribution is 8.00. The Morgan fingerprint density at radius 3 is 2.92 bits per heavy atom. The van der Waals surface area contributed by atoms with Gasteiger partial charge in [-0.3, -0.25) is 0 Å². The molecule has 3 heteroatoms. The molecule has 2 unspecified atom stereocenters. The summed E-state index contributed by atoms with van der Waals surface area (Å²) in [4.78, 5) is 0. The molecule has 0 aromatic heterocycles. The molecule has 1 aliphatic rings. The van der Waals surface area contributed by atoms with Crippen molar-refractivity contribution in [1.29, 1.82) is 0 Å². The van der Waals surface area contributed by atoms with Crippen LogP contribution in [-0.2, 0) is 4.74 Å². The van der Waals surface area contributed by atoms with Gasteiger partial charge < -0.3 is 10.1 Å². The van der Waals surface area contributed by atoms with E-state index in [0.29, 0.717) is 0 Å². The molecule has 1 N–H and O–H groups in total. The summed E-state index contributed by atoms with van der Waals surface area (Å²) in [5.74, 6) is 1.33. The second-order valence-corrected chi connectivity index (χ2v) is 5.11. The Bertz CT molecular complexity index is 132. The molecule has 1 rings (SSSR count). The van der Waals surface area contributed by atoms with Crippen LogP contribution in [0.15, 0.2) is 0 Å². The normalized spacial score (nSPS) is 28.2. The predicted molar refractivity (Wildman–Crippen MR) is 59.4 cm³/mol. The summed E-state index contributed by atoms with van der Waals surface area (Å²) in [6.45, 7) is 4.38. The van der Waals surface area contributed by atoms with E-state index in [0.717, 1.165) is 24.4 Å². The number of methoxy groups -OCH3 is 1. The van der Waals surface area contributed by atoms with Crippen LogP contribution in [-0.4, -0.2) is 37.3 Å². The predicted octanol–water partition coefficient (Wildman–Crippen LogP) is 1.90. The van der Waals surface area contributed by atoms with Gasteiger partial charge in [0.1, 0.15) is 0 Å². The minimum atomic E-state index is 0.757. The number of nitrogens with one attached hydrogen (secondary N) is 1. The molecule has 1 aliphatic heterocycles. The van der Waals surface area contributed by atoms with E-state index >= 15 is 0 Å². The summed E-state index contributed by atoms with van der Waals surface area (Å²) < 4.78 is 5.00. The van der Waals surface area contributed by atoms with Crippen LogP contribution in [0.2, 0.25) is 0 Å². The Kier molecular flexibility index (Phi) is 5.83. The smallest absolute Gasteiger partial charge is 0.0462 e. The molecule has 1 saturated heterocycles. The van der Waals surface area contributed by atoms with Crippen LogP contribution in [0, 0.1) is 0 Å². The zero-order valence-corrected chi connectivity index (χ0v) is 9.53. The number of thioether (sulfide) groups is 1. The fraction of sp³-hybridized carbons (Fsp3) is 1.00. The lowest BCUT2D eigenvalue weighted by Crippen LogP contribution is -2.34. The highest BCUT2D eigenvalue weighted by atomic mass is 32.2. The van der Waals surface area contributed by atoms with Gasteiger partial charge in [0.15, 0.2) is 0 Å². The molecule has 0 aliphatic carbocycles. The van der Waals surface area contributed by atoms with Gasteiger partial charge in [-0.15, -0.1) is 0 Å². The van der Waals surface area contributed by atoms with Crippen molar-refractivity contribution in [3.05, 3.63) is 0 Å². The first kappa shape index (κ1) is 11.3. The first-order valence-electron chi connectivity index (χ1n) is 5.18. The first-order chi connectivity index (χ1) is 6.34. The van der Waals surface area contributed by atoms with Gasteiger partial charge in [0, 0.05) is 25.0 Å². The van der Waals surface area contributed by atoms with Crippen molar-refractivity contribution in [3.63, 3.8) is 0 Å². The van der Waals surface area contributed by atoms with Gasteiger partial charge in [0.05, 0.1) is 0 Å². The third-order valence-electron chi connectivity index (χ3n) is 2.56. The quantitative estimate of drug-likeness (QED) is 0.666. The maximum Gasteiger partial charge on any atom is 0.0462 e. The van der Waals surface area contributed by atoms with Gasteiger partial charge in [-0.05, 0) is 31.6 Å². The van der Waals surface area contributed by atoms with E-state index in [2.05, 4.69) is 24.0 Å². The van der Waals surface area contributed by atoms with Gasteiger partial charge in [-0.2, -0.15) is 11.8 Å². The van der Waals surface area contributed by atoms with Gasteiger partial charge in [0.25, 0.3) is 0 Å². The second kappa shape index (κ2) is 6.68. The molecule has 13 heavy (non-hydrogen) atoms. The summed E-state index contributed by atoms with van der Waals surface area (Å²) in [6.07, 6.45) is 3.76. The number of ether oxygens (including phenoxy) is 1. The van der Waals surface area contributed by atoms with Crippen LogP contribution < -0.4 is 5.32 Å². The van der Waals surface area contributed by atoms with Crippen LogP contribution in [0.5, 0.6) is 0 Å². The average molecular weight is 203 g/mol. The lowest BCUT2D eigenvalue weighted by Gasteiger charge is -2.15. The van der Waals surface area contributed by atoms with E-state index in [4.69, 9.17) is 4.74 Å². The molecule has 0 aromatic carbocycles. The summed E-state index contributed by atoms with van der Waals surface area (Å²) in [6, 6.07) is 0.757. The SMILES string of the molecule is COCCCCNC1CCSC1C. The van der Waals surface area contributed by atoms with Crippen LogP contribution in [0.1, 0.15) is 26.2 Å². The molecular formula is C10H21NOS. The summed E-state index contributed by atoms with van der Waals surface area (Å²) in [5.41, 5.74) is 0. The standard InChI is InChI=1S/C10H21NOS/c1-9-10(5-8-13-9)11-6-3-4-7-12-2/h9-11H,3-8H2,1-2H3. The zero-order chi connectivity index (χ0) is 9.52. The molecule has 0 spiro atoms. The van der Waals surface area contributed by atoms with Crippen molar-refractivity contribution in [2.24, 2.45) is 0 Å². The van der Waals surface area contributed by atoms with Gasteiger partial charge >= 0.3 is 0 Å². The average Bonchev–Trinajstić information content (AvgIpc) is 2.52. The molecule has 1 heterocycles. The minimum absolute atomic E-state index is 0.757. The van der Waals surface area contributed by atoms with E-state index in [1.807, 2.05) is 0 Å². The van der Waals surface area contributed by atoms with Crippen molar-refractivity contribution in [3.8, 4) is 0 Å². The van der Waals surface area contributed by atoms with E-state index in [-0.39, 0.29) is 0 Å². The third-order valence-corrected chi connectivity index (χ3v) is 3.88. The van der Waals surface area contributed by atoms with E-state index in [1.165, 1.54) is 25.0 Å². The number of hydrogen-bond acceptors (Lipinski definition) is 3. The molecule has 1 fully saturated rings. The highest BCUT2D eigenvalue weighted by Gasteiger charge is 2.22. The molecule has 0 aromatic rings. The van der Waals surface area contributed by atoms with Gasteiger partial charge in [0.2, 0.25) is 0 Å². The number of hydrogen-bond donors (Lipinski definition) is 1. The Balaban J connectivity index is 1.93. The van der Waals surface area contributed by atoms with Crippen molar-refractivity contribution in [2.45, 2.75) is 37.5 Å². The van der Waals surface area contributed by atoms with Crippen LogP contribution in [0.3, 0.4) is 0 Å². The van der Waals surface area contributed by atoms with Gasteiger partial charge in [-0.1, -0.05) is 6.92 Å². The molecule has 0 radical (unpaired) electrons. The zero-order valence-electron chi connectivity index (χ0n) is 8.71. The van der Waals surface area contributed by atoms with E-state index in [9.17, 15) is 0 Å². The van der Waals surface area contributed by atoms with Gasteiger partial charge in [-0.25, -0.2) is 0 Å². The van der Waals surface area contributed by atoms with E-state index in [1.54, 1.807) is 7.11 Å². The Hall–Kier alpha value is 0.270. The van der Waals surface area contributed by atoms with Crippen molar-refractivity contribution in [1.82, 2.24) is 5.32 Å². The lowest BCUT2D eigenvalue weighted by atomic mass is 10.1. The molecular weight excluding hydrogens is 182 g/mol. The molecule has 0 amide bonds. The van der Waals surface area contributed by atoms with Crippen molar-refractivity contribution >= 4 is 11.8 Å². The summed E-state index contributed by atoms with van der Waals surface area (Å²) in [5, 5.41) is 4.42. The lowest BCUT2D eigenvalue weighted by molar-refractivity contribution is 0.192. The molecule has 2 atom stereocenters. The largest absolute Gasteiger partial charge is 0.385 e. The molecule has 0 saturated carbocycles. The topological polar surface area (TPSA) is 21.3 Å². The molecule has 2 nitrogen and oxygen atoms in total. The molecule has 78 valence electrons. The van der Waals surface area contributed by atoms with Crippen molar-refractivity contribution < 1.29 is 4.74 Å². The van der Waals surface area contributed by atoms with E-state index < -0.39 is 0 Å². The van der Waals surface area contributed by atoms with Crippen molar-refractivity contribution in [2.75, 3.05) is 26.0 Å². The highest BCUT2D eigenvalue weighted by Crippen LogP contribution is 2.25. The third kappa shape index (κ3) is 4.34. The maximum absolute atomic E-state index is 5.00. The number of unbranched alkanes of at least 4 members (excludes halogenated alkanes) is 1. The van der Waals surface area contributed by atoms with Crippen LogP contribution >= 0.6 is 11.8 Å². The summed E-state index contributed by atoms with van der Waals surface area (Å²) in [7, 11) is 1.77. The minimum Gasteiger partial charge on any atom is -0.385 e. The monoisotopic (exact) mass is 203 g/mol. The fourth-order valence-corrected chi connectivity index (χ4v) is 2.89. The second-order valence-electron chi connectivity index (χ2n) is 3.63. The Morgan fingerprint density at radius 2 is 2.31 bits per heavy atom. The summed E-state index contributed by atoms with van der Waals surface area (Å²) >= 11 is 2.09.